The van der Waals surface area contributed by atoms with Gasteiger partial charge in [-0.25, -0.2) is 13.1 Å². The lowest BCUT2D eigenvalue weighted by atomic mass is 9.54. The molecule has 0 aromatic heterocycles. The van der Waals surface area contributed by atoms with Crippen LogP contribution < -0.4 is 10.0 Å². The zero-order chi connectivity index (χ0) is 22.3. The molecule has 0 atom stereocenters. The Kier molecular flexibility index (Phi) is 4.79. The third-order valence-electron chi connectivity index (χ3n) is 10.5. The molecule has 1 amide bonds. The van der Waals surface area contributed by atoms with Crippen LogP contribution in [0.25, 0.3) is 0 Å². The molecule has 0 heterocycles. The average molecular weight is 469 g/mol. The molecule has 0 saturated heterocycles. The summed E-state index contributed by atoms with van der Waals surface area (Å²) in [6.07, 6.45) is 12.3. The maximum atomic E-state index is 13.6. The number of benzene rings is 1. The summed E-state index contributed by atoms with van der Waals surface area (Å²) in [4.78, 5) is 13.6. The second-order valence-corrected chi connectivity index (χ2v) is 14.2. The summed E-state index contributed by atoms with van der Waals surface area (Å²) < 4.78 is 30.3. The van der Waals surface area contributed by atoms with Crippen LogP contribution in [0.1, 0.15) is 74.6 Å². The van der Waals surface area contributed by atoms with Crippen molar-refractivity contribution in [2.24, 2.45) is 47.3 Å². The number of hydrogen-bond donors (Lipinski definition) is 2. The summed E-state index contributed by atoms with van der Waals surface area (Å²) in [5.74, 6) is 5.14. The summed E-state index contributed by atoms with van der Waals surface area (Å²) in [6.45, 7) is 0. The van der Waals surface area contributed by atoms with Crippen LogP contribution in [-0.4, -0.2) is 26.4 Å². The van der Waals surface area contributed by atoms with Gasteiger partial charge in [0.2, 0.25) is 10.0 Å². The maximum absolute atomic E-state index is 13.6. The van der Waals surface area contributed by atoms with Gasteiger partial charge < -0.3 is 5.32 Å². The molecule has 6 heteroatoms. The molecule has 8 aliphatic rings. The molecule has 8 fully saturated rings. The second-order valence-electron chi connectivity index (χ2n) is 12.5. The molecule has 2 N–H and O–H groups in total. The first-order valence-corrected chi connectivity index (χ1v) is 14.8. The first-order valence-electron chi connectivity index (χ1n) is 13.3. The van der Waals surface area contributed by atoms with Crippen LogP contribution in [0.3, 0.4) is 0 Å². The topological polar surface area (TPSA) is 75.3 Å². The summed E-state index contributed by atoms with van der Waals surface area (Å²) in [7, 11) is -3.75. The fourth-order valence-electron chi connectivity index (χ4n) is 9.64. The van der Waals surface area contributed by atoms with Crippen LogP contribution in [-0.2, 0) is 10.0 Å². The van der Waals surface area contributed by atoms with Crippen LogP contribution in [0.5, 0.6) is 0 Å². The lowest BCUT2D eigenvalue weighted by Gasteiger charge is -2.54. The van der Waals surface area contributed by atoms with Gasteiger partial charge in [0.25, 0.3) is 5.91 Å². The molecule has 178 valence electrons. The van der Waals surface area contributed by atoms with Crippen molar-refractivity contribution >= 4 is 15.9 Å². The highest BCUT2D eigenvalue weighted by molar-refractivity contribution is 7.89. The van der Waals surface area contributed by atoms with Crippen molar-refractivity contribution in [1.82, 2.24) is 10.0 Å². The van der Waals surface area contributed by atoms with Gasteiger partial charge in [-0.2, -0.15) is 0 Å². The number of hydrogen-bond acceptors (Lipinski definition) is 3. The van der Waals surface area contributed by atoms with Crippen LogP contribution in [0, 0.1) is 47.3 Å². The standard InChI is InChI=1S/C27H36N2O3S/c30-27(28-25-19-7-15-5-16(9-19)10-20(25)8-15)23-3-1-2-4-24(23)33(31,32)29-26-21-11-17-6-18(13-21)14-22(26)12-17/h1-4,15-22,25-26,29H,5-14H2,(H,28,30). The molecular formula is C27H36N2O3S. The van der Waals surface area contributed by atoms with Crippen LogP contribution >= 0.6 is 0 Å². The third kappa shape index (κ3) is 3.50. The van der Waals surface area contributed by atoms with E-state index in [2.05, 4.69) is 10.0 Å². The summed E-state index contributed by atoms with van der Waals surface area (Å²) in [5, 5.41) is 3.31. The number of nitrogens with one attached hydrogen (secondary N) is 2. The van der Waals surface area contributed by atoms with E-state index in [1.165, 1.54) is 38.5 Å². The highest BCUT2D eigenvalue weighted by atomic mass is 32.2. The lowest BCUT2D eigenvalue weighted by molar-refractivity contribution is -0.0120. The van der Waals surface area contributed by atoms with E-state index in [4.69, 9.17) is 0 Å². The van der Waals surface area contributed by atoms with E-state index in [0.717, 1.165) is 49.4 Å². The monoisotopic (exact) mass is 468 g/mol. The smallest absolute Gasteiger partial charge is 0.252 e. The van der Waals surface area contributed by atoms with E-state index in [-0.39, 0.29) is 22.9 Å². The normalized spacial score (nSPS) is 44.8. The van der Waals surface area contributed by atoms with E-state index < -0.39 is 10.0 Å². The molecular weight excluding hydrogens is 432 g/mol. The number of carbonyl (C=O) groups excluding carboxylic acids is 1. The number of sulfonamides is 1. The Hall–Kier alpha value is -1.40. The van der Waals surface area contributed by atoms with Gasteiger partial charge in [-0.1, -0.05) is 12.1 Å². The minimum absolute atomic E-state index is 0.0309. The maximum Gasteiger partial charge on any atom is 0.252 e. The zero-order valence-electron chi connectivity index (χ0n) is 19.3. The lowest BCUT2D eigenvalue weighted by Crippen LogP contribution is -2.56. The molecule has 33 heavy (non-hydrogen) atoms. The van der Waals surface area contributed by atoms with Crippen molar-refractivity contribution in [2.75, 3.05) is 0 Å². The molecule has 0 aliphatic heterocycles. The van der Waals surface area contributed by atoms with Crippen molar-refractivity contribution in [3.63, 3.8) is 0 Å². The number of amides is 1. The molecule has 5 nitrogen and oxygen atoms in total. The van der Waals surface area contributed by atoms with E-state index in [0.29, 0.717) is 29.2 Å². The van der Waals surface area contributed by atoms with Gasteiger partial charge in [0.05, 0.1) is 10.5 Å². The molecule has 0 radical (unpaired) electrons. The van der Waals surface area contributed by atoms with Gasteiger partial charge in [0.1, 0.15) is 0 Å². The van der Waals surface area contributed by atoms with Crippen LogP contribution in [0.15, 0.2) is 29.2 Å². The van der Waals surface area contributed by atoms with Crippen molar-refractivity contribution in [1.29, 1.82) is 0 Å². The third-order valence-corrected chi connectivity index (χ3v) is 12.0. The molecule has 0 spiro atoms. The van der Waals surface area contributed by atoms with Crippen molar-refractivity contribution in [3.05, 3.63) is 29.8 Å². The number of carbonyl (C=O) groups is 1. The average Bonchev–Trinajstić information content (AvgIpc) is 2.77. The van der Waals surface area contributed by atoms with Crippen molar-refractivity contribution in [3.8, 4) is 0 Å². The summed E-state index contributed by atoms with van der Waals surface area (Å²) >= 11 is 0. The van der Waals surface area contributed by atoms with Gasteiger partial charge in [0, 0.05) is 12.1 Å². The van der Waals surface area contributed by atoms with E-state index in [1.54, 1.807) is 24.3 Å². The van der Waals surface area contributed by atoms with Crippen molar-refractivity contribution < 1.29 is 13.2 Å². The Morgan fingerprint density at radius 3 is 1.64 bits per heavy atom. The Labute approximate surface area is 197 Å². The van der Waals surface area contributed by atoms with Gasteiger partial charge in [0.15, 0.2) is 0 Å². The fraction of sp³-hybridized carbons (Fsp3) is 0.741. The van der Waals surface area contributed by atoms with Gasteiger partial charge in [-0.15, -0.1) is 0 Å². The minimum atomic E-state index is -3.75. The first kappa shape index (κ1) is 20.9. The second kappa shape index (κ2) is 7.55. The SMILES string of the molecule is O=C(NC1C2CC3CC(C2)CC1C3)c1ccccc1S(=O)(=O)NC1C2CC3CC(C2)CC1C3. The summed E-state index contributed by atoms with van der Waals surface area (Å²) in [5.41, 5.74) is 0.308. The highest BCUT2D eigenvalue weighted by Gasteiger charge is 2.50. The molecule has 1 aromatic rings. The van der Waals surface area contributed by atoms with Crippen molar-refractivity contribution in [2.45, 2.75) is 81.2 Å². The van der Waals surface area contributed by atoms with Gasteiger partial charge in [-0.3, -0.25) is 4.79 Å². The van der Waals surface area contributed by atoms with Gasteiger partial charge >= 0.3 is 0 Å². The predicted molar refractivity (Wildman–Crippen MR) is 126 cm³/mol. The Bertz CT molecular complexity index is 1010. The molecule has 0 unspecified atom stereocenters. The molecule has 8 aliphatic carbocycles. The molecule has 8 saturated carbocycles. The molecule has 1 aromatic carbocycles. The first-order chi connectivity index (χ1) is 15.9. The van der Waals surface area contributed by atoms with Gasteiger partial charge in [-0.05, 0) is 124 Å². The predicted octanol–water partition coefficient (Wildman–Crippen LogP) is 4.34. The molecule has 8 bridgehead atoms. The Morgan fingerprint density at radius 2 is 1.12 bits per heavy atom. The largest absolute Gasteiger partial charge is 0.349 e. The number of rotatable bonds is 5. The summed E-state index contributed by atoms with van der Waals surface area (Å²) in [6, 6.07) is 7.07. The van der Waals surface area contributed by atoms with E-state index in [1.807, 2.05) is 0 Å². The van der Waals surface area contributed by atoms with E-state index >= 15 is 0 Å². The quantitative estimate of drug-likeness (QED) is 0.675. The Morgan fingerprint density at radius 1 is 0.667 bits per heavy atom. The fourth-order valence-corrected chi connectivity index (χ4v) is 11.2. The zero-order valence-corrected chi connectivity index (χ0v) is 20.1. The highest BCUT2D eigenvalue weighted by Crippen LogP contribution is 2.55. The van der Waals surface area contributed by atoms with E-state index in [9.17, 15) is 13.2 Å². The van der Waals surface area contributed by atoms with Crippen LogP contribution in [0.2, 0.25) is 0 Å². The molecule has 9 rings (SSSR count). The minimum Gasteiger partial charge on any atom is -0.349 e. The van der Waals surface area contributed by atoms with Crippen LogP contribution in [0.4, 0.5) is 0 Å². The Balaban J connectivity index is 1.12.